The third-order valence-electron chi connectivity index (χ3n) is 2.36. The van der Waals surface area contributed by atoms with Crippen LogP contribution in [-0.2, 0) is 6.54 Å². The van der Waals surface area contributed by atoms with Crippen LogP contribution in [0.2, 0.25) is 0 Å². The summed E-state index contributed by atoms with van der Waals surface area (Å²) in [6.07, 6.45) is 1.66. The molecule has 1 aromatic carbocycles. The van der Waals surface area contributed by atoms with E-state index in [0.717, 1.165) is 11.1 Å². The van der Waals surface area contributed by atoms with Crippen molar-refractivity contribution in [3.8, 4) is 0 Å². The number of rotatable bonds is 3. The van der Waals surface area contributed by atoms with Gasteiger partial charge in [0.25, 0.3) is 0 Å². The van der Waals surface area contributed by atoms with E-state index in [2.05, 4.69) is 15.3 Å². The molecule has 0 bridgehead atoms. The lowest BCUT2D eigenvalue weighted by Crippen LogP contribution is -2.06. The molecule has 0 aliphatic heterocycles. The van der Waals surface area contributed by atoms with Gasteiger partial charge in [-0.2, -0.15) is 4.98 Å². The van der Waals surface area contributed by atoms with Crippen molar-refractivity contribution in [2.45, 2.75) is 13.5 Å². The van der Waals surface area contributed by atoms with Gasteiger partial charge in [-0.05, 0) is 24.6 Å². The fourth-order valence-corrected chi connectivity index (χ4v) is 1.42. The fraction of sp³-hybridized carbons (Fsp3) is 0.167. The van der Waals surface area contributed by atoms with Crippen molar-refractivity contribution in [2.24, 2.45) is 0 Å². The Labute approximate surface area is 98.7 Å². The summed E-state index contributed by atoms with van der Waals surface area (Å²) < 4.78 is 12.7. The molecule has 88 valence electrons. The number of anilines is 2. The van der Waals surface area contributed by atoms with E-state index in [1.165, 1.54) is 12.1 Å². The maximum atomic E-state index is 12.7. The largest absolute Gasteiger partial charge is 0.368 e. The number of benzene rings is 1. The molecule has 1 aromatic heterocycles. The minimum Gasteiger partial charge on any atom is -0.368 e. The van der Waals surface area contributed by atoms with Gasteiger partial charge in [0, 0.05) is 18.3 Å². The van der Waals surface area contributed by atoms with Gasteiger partial charge in [-0.3, -0.25) is 0 Å². The lowest BCUT2D eigenvalue weighted by molar-refractivity contribution is 0.627. The Hall–Kier alpha value is -2.17. The topological polar surface area (TPSA) is 63.8 Å². The van der Waals surface area contributed by atoms with Crippen LogP contribution < -0.4 is 11.1 Å². The van der Waals surface area contributed by atoms with Crippen molar-refractivity contribution in [3.63, 3.8) is 0 Å². The average Bonchev–Trinajstić information content (AvgIpc) is 2.32. The van der Waals surface area contributed by atoms with Crippen molar-refractivity contribution in [1.82, 2.24) is 9.97 Å². The number of nitrogens with zero attached hydrogens (tertiary/aromatic N) is 2. The van der Waals surface area contributed by atoms with E-state index in [4.69, 9.17) is 5.73 Å². The first kappa shape index (κ1) is 11.3. The Morgan fingerprint density at radius 1 is 1.29 bits per heavy atom. The van der Waals surface area contributed by atoms with Gasteiger partial charge >= 0.3 is 0 Å². The molecular weight excluding hydrogens is 219 g/mol. The van der Waals surface area contributed by atoms with Crippen LogP contribution in [0.5, 0.6) is 0 Å². The van der Waals surface area contributed by atoms with Crippen LogP contribution in [0.15, 0.2) is 30.5 Å². The zero-order chi connectivity index (χ0) is 12.3. The number of hydrogen-bond acceptors (Lipinski definition) is 4. The van der Waals surface area contributed by atoms with E-state index < -0.39 is 0 Å². The van der Waals surface area contributed by atoms with Crippen molar-refractivity contribution in [2.75, 3.05) is 11.1 Å². The molecule has 0 aliphatic rings. The summed E-state index contributed by atoms with van der Waals surface area (Å²) >= 11 is 0. The highest BCUT2D eigenvalue weighted by Gasteiger charge is 2.01. The Bertz CT molecular complexity index is 510. The Morgan fingerprint density at radius 2 is 2.00 bits per heavy atom. The molecule has 5 heteroatoms. The first-order valence-electron chi connectivity index (χ1n) is 5.22. The van der Waals surface area contributed by atoms with Crippen molar-refractivity contribution in [3.05, 3.63) is 47.4 Å². The van der Waals surface area contributed by atoms with Crippen LogP contribution in [0.25, 0.3) is 0 Å². The lowest BCUT2D eigenvalue weighted by atomic mass is 10.2. The third kappa shape index (κ3) is 2.90. The Morgan fingerprint density at radius 3 is 2.71 bits per heavy atom. The average molecular weight is 232 g/mol. The number of hydrogen-bond donors (Lipinski definition) is 2. The van der Waals surface area contributed by atoms with Crippen LogP contribution in [0.3, 0.4) is 0 Å². The Kier molecular flexibility index (Phi) is 3.18. The maximum absolute atomic E-state index is 12.7. The summed E-state index contributed by atoms with van der Waals surface area (Å²) in [6.45, 7) is 2.46. The van der Waals surface area contributed by atoms with E-state index in [1.54, 1.807) is 18.3 Å². The Balaban J connectivity index is 2.07. The predicted molar refractivity (Wildman–Crippen MR) is 64.9 cm³/mol. The molecular formula is C12H13FN4. The van der Waals surface area contributed by atoms with Crippen LogP contribution in [-0.4, -0.2) is 9.97 Å². The van der Waals surface area contributed by atoms with E-state index >= 15 is 0 Å². The zero-order valence-corrected chi connectivity index (χ0v) is 9.44. The summed E-state index contributed by atoms with van der Waals surface area (Å²) in [4.78, 5) is 7.97. The number of nitrogen functional groups attached to an aromatic ring is 1. The molecule has 0 aliphatic carbocycles. The van der Waals surface area contributed by atoms with Crippen molar-refractivity contribution >= 4 is 11.8 Å². The maximum Gasteiger partial charge on any atom is 0.221 e. The predicted octanol–water partition coefficient (Wildman–Crippen LogP) is 2.12. The second-order valence-corrected chi connectivity index (χ2v) is 3.74. The quantitative estimate of drug-likeness (QED) is 0.850. The van der Waals surface area contributed by atoms with Gasteiger partial charge in [-0.15, -0.1) is 0 Å². The van der Waals surface area contributed by atoms with Crippen LogP contribution in [0, 0.1) is 12.7 Å². The highest BCUT2D eigenvalue weighted by atomic mass is 19.1. The molecule has 0 amide bonds. The molecule has 17 heavy (non-hydrogen) atoms. The monoisotopic (exact) mass is 232 g/mol. The third-order valence-corrected chi connectivity index (χ3v) is 2.36. The molecule has 1 heterocycles. The molecule has 2 aromatic rings. The van der Waals surface area contributed by atoms with Gasteiger partial charge in [-0.25, -0.2) is 9.37 Å². The molecule has 0 radical (unpaired) electrons. The van der Waals surface area contributed by atoms with E-state index in [1.807, 2.05) is 6.92 Å². The number of nitrogens with two attached hydrogens (primary N) is 1. The van der Waals surface area contributed by atoms with Gasteiger partial charge < -0.3 is 11.1 Å². The number of nitrogens with one attached hydrogen (secondary N) is 1. The second-order valence-electron chi connectivity index (χ2n) is 3.74. The van der Waals surface area contributed by atoms with Gasteiger partial charge in [0.15, 0.2) is 0 Å². The summed E-state index contributed by atoms with van der Waals surface area (Å²) in [5, 5.41) is 3.14. The number of aromatic nitrogens is 2. The minimum absolute atomic E-state index is 0.234. The number of aryl methyl sites for hydroxylation is 1. The normalized spacial score (nSPS) is 10.2. The fourth-order valence-electron chi connectivity index (χ4n) is 1.42. The van der Waals surface area contributed by atoms with Crippen LogP contribution >= 0.6 is 0 Å². The molecule has 0 spiro atoms. The van der Waals surface area contributed by atoms with Crippen molar-refractivity contribution < 1.29 is 4.39 Å². The standard InChI is InChI=1S/C12H13FN4/c1-8-6-16-12(14)17-11(8)15-7-9-2-4-10(13)5-3-9/h2-6H,7H2,1H3,(H3,14,15,16,17). The van der Waals surface area contributed by atoms with Gasteiger partial charge in [0.2, 0.25) is 5.95 Å². The summed E-state index contributed by atoms with van der Waals surface area (Å²) in [7, 11) is 0. The first-order valence-corrected chi connectivity index (χ1v) is 5.22. The van der Waals surface area contributed by atoms with Crippen molar-refractivity contribution in [1.29, 1.82) is 0 Å². The lowest BCUT2D eigenvalue weighted by Gasteiger charge is -2.08. The molecule has 4 nitrogen and oxygen atoms in total. The molecule has 0 atom stereocenters. The smallest absolute Gasteiger partial charge is 0.221 e. The van der Waals surface area contributed by atoms with E-state index in [-0.39, 0.29) is 11.8 Å². The highest BCUT2D eigenvalue weighted by molar-refractivity contribution is 5.45. The van der Waals surface area contributed by atoms with Crippen LogP contribution in [0.4, 0.5) is 16.2 Å². The zero-order valence-electron chi connectivity index (χ0n) is 9.44. The molecule has 3 N–H and O–H groups in total. The van der Waals surface area contributed by atoms with Gasteiger partial charge in [0.1, 0.15) is 11.6 Å². The first-order chi connectivity index (χ1) is 8.15. The van der Waals surface area contributed by atoms with E-state index in [0.29, 0.717) is 12.4 Å². The van der Waals surface area contributed by atoms with Crippen LogP contribution in [0.1, 0.15) is 11.1 Å². The van der Waals surface area contributed by atoms with Gasteiger partial charge in [-0.1, -0.05) is 12.1 Å². The minimum atomic E-state index is -0.240. The number of halogens is 1. The summed E-state index contributed by atoms with van der Waals surface area (Å²) in [5.74, 6) is 0.690. The molecule has 0 saturated heterocycles. The SMILES string of the molecule is Cc1cnc(N)nc1NCc1ccc(F)cc1. The molecule has 0 unspecified atom stereocenters. The molecule has 0 saturated carbocycles. The summed E-state index contributed by atoms with van der Waals surface area (Å²) in [6, 6.07) is 6.31. The highest BCUT2D eigenvalue weighted by Crippen LogP contribution is 2.12. The van der Waals surface area contributed by atoms with E-state index in [9.17, 15) is 4.39 Å². The summed E-state index contributed by atoms with van der Waals surface area (Å²) in [5.41, 5.74) is 7.40. The van der Waals surface area contributed by atoms with Gasteiger partial charge in [0.05, 0.1) is 0 Å². The second kappa shape index (κ2) is 4.78. The molecule has 0 fully saturated rings. The molecule has 2 rings (SSSR count).